The first-order valence-corrected chi connectivity index (χ1v) is 7.79. The lowest BCUT2D eigenvalue weighted by molar-refractivity contribution is -0.0484. The summed E-state index contributed by atoms with van der Waals surface area (Å²) in [6.07, 6.45) is 1.60. The predicted octanol–water partition coefficient (Wildman–Crippen LogP) is 1.38. The van der Waals surface area contributed by atoms with Crippen molar-refractivity contribution in [1.29, 1.82) is 0 Å². The molecule has 2 aliphatic rings. The highest BCUT2D eigenvalue weighted by Gasteiger charge is 2.38. The Kier molecular flexibility index (Phi) is 5.46. The lowest BCUT2D eigenvalue weighted by Gasteiger charge is -2.42. The molecule has 0 bridgehead atoms. The van der Waals surface area contributed by atoms with Crippen molar-refractivity contribution in [3.8, 4) is 0 Å². The van der Waals surface area contributed by atoms with Crippen LogP contribution in [-0.4, -0.2) is 61.7 Å². The Bertz CT molecular complexity index is 350. The van der Waals surface area contributed by atoms with E-state index >= 15 is 0 Å². The zero-order valence-corrected chi connectivity index (χ0v) is 13.3. The molecular formula is C15H28N2O4. The summed E-state index contributed by atoms with van der Waals surface area (Å²) in [5, 5.41) is 0. The molecule has 2 unspecified atom stereocenters. The van der Waals surface area contributed by atoms with Crippen molar-refractivity contribution in [3.63, 3.8) is 0 Å². The summed E-state index contributed by atoms with van der Waals surface area (Å²) in [6, 6.07) is -0.210. The van der Waals surface area contributed by atoms with Gasteiger partial charge >= 0.3 is 6.09 Å². The van der Waals surface area contributed by atoms with E-state index in [1.54, 1.807) is 4.90 Å². The zero-order chi connectivity index (χ0) is 15.5. The Labute approximate surface area is 126 Å². The van der Waals surface area contributed by atoms with E-state index in [2.05, 4.69) is 0 Å². The smallest absolute Gasteiger partial charge is 0.410 e. The molecule has 0 spiro atoms. The van der Waals surface area contributed by atoms with Gasteiger partial charge in [-0.1, -0.05) is 0 Å². The van der Waals surface area contributed by atoms with Gasteiger partial charge in [-0.25, -0.2) is 4.79 Å². The van der Waals surface area contributed by atoms with Crippen molar-refractivity contribution in [1.82, 2.24) is 4.90 Å². The number of carbonyl (C=O) groups is 1. The maximum atomic E-state index is 12.4. The fourth-order valence-electron chi connectivity index (χ4n) is 2.90. The number of carbonyl (C=O) groups excluding carboxylic acids is 1. The highest BCUT2D eigenvalue weighted by Crippen LogP contribution is 2.24. The number of amides is 1. The van der Waals surface area contributed by atoms with Crippen molar-refractivity contribution in [3.05, 3.63) is 0 Å². The van der Waals surface area contributed by atoms with Gasteiger partial charge < -0.3 is 19.9 Å². The summed E-state index contributed by atoms with van der Waals surface area (Å²) in [5.41, 5.74) is 5.93. The van der Waals surface area contributed by atoms with E-state index in [0.717, 1.165) is 26.1 Å². The SMILES string of the molecule is CC(C)(C)OC(=O)N1CCOCC1C(N)C1CCOCC1. The molecule has 0 saturated carbocycles. The van der Waals surface area contributed by atoms with E-state index in [0.29, 0.717) is 25.7 Å². The maximum Gasteiger partial charge on any atom is 0.410 e. The minimum atomic E-state index is -0.497. The van der Waals surface area contributed by atoms with Gasteiger partial charge in [0.2, 0.25) is 0 Å². The number of ether oxygens (including phenoxy) is 3. The summed E-state index contributed by atoms with van der Waals surface area (Å²) in [4.78, 5) is 14.1. The molecule has 2 heterocycles. The van der Waals surface area contributed by atoms with Crippen LogP contribution in [0.4, 0.5) is 4.79 Å². The Morgan fingerprint density at radius 3 is 2.52 bits per heavy atom. The molecule has 1 amide bonds. The highest BCUT2D eigenvalue weighted by atomic mass is 16.6. The minimum absolute atomic E-state index is 0.0956. The molecule has 0 aliphatic carbocycles. The van der Waals surface area contributed by atoms with Crippen LogP contribution in [0.5, 0.6) is 0 Å². The van der Waals surface area contributed by atoms with Crippen LogP contribution in [0, 0.1) is 5.92 Å². The topological polar surface area (TPSA) is 74.0 Å². The van der Waals surface area contributed by atoms with Crippen LogP contribution in [-0.2, 0) is 14.2 Å². The zero-order valence-electron chi connectivity index (χ0n) is 13.3. The quantitative estimate of drug-likeness (QED) is 0.834. The summed E-state index contributed by atoms with van der Waals surface area (Å²) >= 11 is 0. The Morgan fingerprint density at radius 1 is 1.24 bits per heavy atom. The largest absolute Gasteiger partial charge is 0.444 e. The van der Waals surface area contributed by atoms with Gasteiger partial charge in [0.1, 0.15) is 5.60 Å². The fraction of sp³-hybridized carbons (Fsp3) is 0.933. The van der Waals surface area contributed by atoms with Crippen LogP contribution in [0.15, 0.2) is 0 Å². The number of rotatable bonds is 2. The molecule has 2 fully saturated rings. The second-order valence-electron chi connectivity index (χ2n) is 6.84. The molecule has 0 aromatic carbocycles. The van der Waals surface area contributed by atoms with Gasteiger partial charge in [0, 0.05) is 25.8 Å². The van der Waals surface area contributed by atoms with Gasteiger partial charge in [0.05, 0.1) is 19.3 Å². The standard InChI is InChI=1S/C15H28N2O4/c1-15(2,3)21-14(18)17-6-9-20-10-12(17)13(16)11-4-7-19-8-5-11/h11-13H,4-10,16H2,1-3H3. The summed E-state index contributed by atoms with van der Waals surface area (Å²) < 4.78 is 16.4. The highest BCUT2D eigenvalue weighted by molar-refractivity contribution is 5.68. The van der Waals surface area contributed by atoms with Gasteiger partial charge in [0.15, 0.2) is 0 Å². The Balaban J connectivity index is 2.02. The van der Waals surface area contributed by atoms with E-state index in [-0.39, 0.29) is 18.2 Å². The van der Waals surface area contributed by atoms with E-state index in [4.69, 9.17) is 19.9 Å². The van der Waals surface area contributed by atoms with E-state index in [1.165, 1.54) is 0 Å². The maximum absolute atomic E-state index is 12.4. The molecule has 6 nitrogen and oxygen atoms in total. The molecule has 6 heteroatoms. The summed E-state index contributed by atoms with van der Waals surface area (Å²) in [6.45, 7) is 8.68. The van der Waals surface area contributed by atoms with Crippen LogP contribution >= 0.6 is 0 Å². The molecule has 2 rings (SSSR count). The second kappa shape index (κ2) is 6.94. The van der Waals surface area contributed by atoms with Crippen molar-refractivity contribution in [2.75, 3.05) is 33.0 Å². The van der Waals surface area contributed by atoms with E-state index < -0.39 is 5.60 Å². The van der Waals surface area contributed by atoms with E-state index in [1.807, 2.05) is 20.8 Å². The number of nitrogens with two attached hydrogens (primary N) is 1. The predicted molar refractivity (Wildman–Crippen MR) is 79.1 cm³/mol. The number of nitrogens with zero attached hydrogens (tertiary/aromatic N) is 1. The monoisotopic (exact) mass is 300 g/mol. The van der Waals surface area contributed by atoms with Gasteiger partial charge in [0.25, 0.3) is 0 Å². The number of hydrogen-bond donors (Lipinski definition) is 1. The normalized spacial score (nSPS) is 26.5. The van der Waals surface area contributed by atoms with E-state index in [9.17, 15) is 4.79 Å². The molecule has 122 valence electrons. The number of hydrogen-bond acceptors (Lipinski definition) is 5. The van der Waals surface area contributed by atoms with Crippen LogP contribution in [0.2, 0.25) is 0 Å². The molecule has 2 aliphatic heterocycles. The Hall–Kier alpha value is -0.850. The molecular weight excluding hydrogens is 272 g/mol. The summed E-state index contributed by atoms with van der Waals surface area (Å²) in [7, 11) is 0. The molecule has 0 aromatic heterocycles. The third-order valence-corrected chi connectivity index (χ3v) is 4.05. The molecule has 0 radical (unpaired) electrons. The summed E-state index contributed by atoms with van der Waals surface area (Å²) in [5.74, 6) is 0.371. The fourth-order valence-corrected chi connectivity index (χ4v) is 2.90. The van der Waals surface area contributed by atoms with Gasteiger partial charge in [-0.3, -0.25) is 4.90 Å². The third kappa shape index (κ3) is 4.56. The average Bonchev–Trinajstić information content (AvgIpc) is 2.45. The first-order chi connectivity index (χ1) is 9.88. The molecule has 2 saturated heterocycles. The molecule has 2 N–H and O–H groups in total. The van der Waals surface area contributed by atoms with Gasteiger partial charge in [-0.05, 0) is 39.5 Å². The van der Waals surface area contributed by atoms with Crippen molar-refractivity contribution in [2.24, 2.45) is 11.7 Å². The molecule has 21 heavy (non-hydrogen) atoms. The van der Waals surface area contributed by atoms with Crippen molar-refractivity contribution < 1.29 is 19.0 Å². The van der Waals surface area contributed by atoms with Gasteiger partial charge in [-0.2, -0.15) is 0 Å². The third-order valence-electron chi connectivity index (χ3n) is 4.05. The van der Waals surface area contributed by atoms with Crippen LogP contribution in [0.3, 0.4) is 0 Å². The number of morpholine rings is 1. The molecule has 2 atom stereocenters. The van der Waals surface area contributed by atoms with Gasteiger partial charge in [-0.15, -0.1) is 0 Å². The molecule has 0 aromatic rings. The van der Waals surface area contributed by atoms with Crippen LogP contribution < -0.4 is 5.73 Å². The first-order valence-electron chi connectivity index (χ1n) is 7.79. The Morgan fingerprint density at radius 2 is 1.90 bits per heavy atom. The van der Waals surface area contributed by atoms with Crippen LogP contribution in [0.1, 0.15) is 33.6 Å². The first kappa shape index (κ1) is 16.5. The van der Waals surface area contributed by atoms with Crippen molar-refractivity contribution in [2.45, 2.75) is 51.3 Å². The van der Waals surface area contributed by atoms with Crippen LogP contribution in [0.25, 0.3) is 0 Å². The average molecular weight is 300 g/mol. The lowest BCUT2D eigenvalue weighted by Crippen LogP contribution is -2.60. The minimum Gasteiger partial charge on any atom is -0.444 e. The van der Waals surface area contributed by atoms with Crippen molar-refractivity contribution >= 4 is 6.09 Å². The second-order valence-corrected chi connectivity index (χ2v) is 6.84. The lowest BCUT2D eigenvalue weighted by atomic mass is 9.87.